The molecule has 2 rings (SSSR count). The summed E-state index contributed by atoms with van der Waals surface area (Å²) in [6.45, 7) is 0.180. The second-order valence-corrected chi connectivity index (χ2v) is 6.53. The SMILES string of the molecule is O=C(CC1CCCC1)NCC(=O)NC1CCCCC1CO. The van der Waals surface area contributed by atoms with Gasteiger partial charge < -0.3 is 15.7 Å². The average molecular weight is 296 g/mol. The highest BCUT2D eigenvalue weighted by Crippen LogP contribution is 2.27. The fourth-order valence-corrected chi connectivity index (χ4v) is 3.60. The minimum Gasteiger partial charge on any atom is -0.396 e. The summed E-state index contributed by atoms with van der Waals surface area (Å²) in [6, 6.07) is 0.0583. The standard InChI is InChI=1S/C16H28N2O3/c19-11-13-7-3-4-8-14(13)18-16(21)10-17-15(20)9-12-5-1-2-6-12/h12-14,19H,1-11H2,(H,17,20)(H,18,21). The molecule has 2 aliphatic rings. The molecular formula is C16H28N2O3. The van der Waals surface area contributed by atoms with Gasteiger partial charge >= 0.3 is 0 Å². The first-order chi connectivity index (χ1) is 10.2. The van der Waals surface area contributed by atoms with Gasteiger partial charge in [0.2, 0.25) is 11.8 Å². The fourth-order valence-electron chi connectivity index (χ4n) is 3.60. The van der Waals surface area contributed by atoms with Crippen molar-refractivity contribution in [1.82, 2.24) is 10.6 Å². The molecule has 0 aromatic heterocycles. The molecule has 0 bridgehead atoms. The minimum atomic E-state index is -0.139. The summed E-state index contributed by atoms with van der Waals surface area (Å²) in [5.74, 6) is 0.515. The number of aliphatic hydroxyl groups excluding tert-OH is 1. The van der Waals surface area contributed by atoms with E-state index in [2.05, 4.69) is 10.6 Å². The summed E-state index contributed by atoms with van der Waals surface area (Å²) in [5, 5.41) is 15.0. The van der Waals surface area contributed by atoms with Crippen molar-refractivity contribution in [1.29, 1.82) is 0 Å². The van der Waals surface area contributed by atoms with Gasteiger partial charge in [-0.2, -0.15) is 0 Å². The lowest BCUT2D eigenvalue weighted by Crippen LogP contribution is -2.47. The molecule has 3 N–H and O–H groups in total. The number of carbonyl (C=O) groups excluding carboxylic acids is 2. The normalized spacial score (nSPS) is 26.5. The zero-order valence-corrected chi connectivity index (χ0v) is 12.8. The first-order valence-electron chi connectivity index (χ1n) is 8.36. The third-order valence-electron chi connectivity index (χ3n) is 4.88. The molecule has 2 unspecified atom stereocenters. The van der Waals surface area contributed by atoms with Crippen LogP contribution in [0.4, 0.5) is 0 Å². The van der Waals surface area contributed by atoms with E-state index < -0.39 is 0 Å². The van der Waals surface area contributed by atoms with E-state index in [0.717, 1.165) is 38.5 Å². The summed E-state index contributed by atoms with van der Waals surface area (Å²) in [4.78, 5) is 23.7. The smallest absolute Gasteiger partial charge is 0.239 e. The van der Waals surface area contributed by atoms with Crippen LogP contribution in [0.2, 0.25) is 0 Å². The van der Waals surface area contributed by atoms with Crippen LogP contribution < -0.4 is 10.6 Å². The van der Waals surface area contributed by atoms with E-state index in [9.17, 15) is 14.7 Å². The Morgan fingerprint density at radius 2 is 1.62 bits per heavy atom. The van der Waals surface area contributed by atoms with Crippen LogP contribution in [0.3, 0.4) is 0 Å². The monoisotopic (exact) mass is 296 g/mol. The molecule has 0 aromatic carbocycles. The third kappa shape index (κ3) is 5.30. The van der Waals surface area contributed by atoms with E-state index in [1.165, 1.54) is 12.8 Å². The lowest BCUT2D eigenvalue weighted by atomic mass is 9.85. The largest absolute Gasteiger partial charge is 0.396 e. The molecule has 5 heteroatoms. The third-order valence-corrected chi connectivity index (χ3v) is 4.88. The van der Waals surface area contributed by atoms with Gasteiger partial charge in [0.05, 0.1) is 6.54 Å². The van der Waals surface area contributed by atoms with Crippen molar-refractivity contribution in [2.45, 2.75) is 63.8 Å². The molecule has 2 aliphatic carbocycles. The van der Waals surface area contributed by atoms with E-state index in [1.807, 2.05) is 0 Å². The number of hydrogen-bond acceptors (Lipinski definition) is 3. The van der Waals surface area contributed by atoms with E-state index >= 15 is 0 Å². The first kappa shape index (κ1) is 16.3. The van der Waals surface area contributed by atoms with E-state index in [4.69, 9.17) is 0 Å². The van der Waals surface area contributed by atoms with Crippen LogP contribution in [0.5, 0.6) is 0 Å². The minimum absolute atomic E-state index is 0.0144. The Hall–Kier alpha value is -1.10. The Morgan fingerprint density at radius 3 is 2.33 bits per heavy atom. The van der Waals surface area contributed by atoms with Gasteiger partial charge in [-0.3, -0.25) is 9.59 Å². The molecular weight excluding hydrogens is 268 g/mol. The maximum Gasteiger partial charge on any atom is 0.239 e. The van der Waals surface area contributed by atoms with E-state index in [0.29, 0.717) is 12.3 Å². The Balaban J connectivity index is 1.65. The van der Waals surface area contributed by atoms with Gasteiger partial charge in [0.1, 0.15) is 0 Å². The molecule has 0 spiro atoms. The lowest BCUT2D eigenvalue weighted by molar-refractivity contribution is -0.127. The van der Waals surface area contributed by atoms with Crippen molar-refractivity contribution in [2.75, 3.05) is 13.2 Å². The summed E-state index contributed by atoms with van der Waals surface area (Å²) in [7, 11) is 0. The molecule has 2 saturated carbocycles. The summed E-state index contributed by atoms with van der Waals surface area (Å²) in [5.41, 5.74) is 0. The topological polar surface area (TPSA) is 78.4 Å². The highest BCUT2D eigenvalue weighted by Gasteiger charge is 2.26. The number of rotatable bonds is 6. The predicted octanol–water partition coefficient (Wildman–Crippen LogP) is 1.35. The summed E-state index contributed by atoms with van der Waals surface area (Å²) in [6.07, 6.45) is 9.38. The van der Waals surface area contributed by atoms with Gasteiger partial charge in [0.15, 0.2) is 0 Å². The van der Waals surface area contributed by atoms with Crippen molar-refractivity contribution in [3.8, 4) is 0 Å². The second-order valence-electron chi connectivity index (χ2n) is 6.53. The Labute approximate surface area is 126 Å². The molecule has 2 fully saturated rings. The zero-order chi connectivity index (χ0) is 15.1. The van der Waals surface area contributed by atoms with Gasteiger partial charge in [0, 0.05) is 25.0 Å². The van der Waals surface area contributed by atoms with Gasteiger partial charge in [-0.15, -0.1) is 0 Å². The number of aliphatic hydroxyl groups is 1. The predicted molar refractivity (Wildman–Crippen MR) is 80.6 cm³/mol. The van der Waals surface area contributed by atoms with Crippen molar-refractivity contribution in [2.24, 2.45) is 11.8 Å². The maximum absolute atomic E-state index is 11.9. The van der Waals surface area contributed by atoms with Gasteiger partial charge in [-0.25, -0.2) is 0 Å². The van der Waals surface area contributed by atoms with Crippen LogP contribution in [-0.4, -0.2) is 36.1 Å². The highest BCUT2D eigenvalue weighted by molar-refractivity contribution is 5.84. The molecule has 21 heavy (non-hydrogen) atoms. The summed E-state index contributed by atoms with van der Waals surface area (Å²) < 4.78 is 0. The zero-order valence-electron chi connectivity index (χ0n) is 12.8. The molecule has 2 atom stereocenters. The van der Waals surface area contributed by atoms with Gasteiger partial charge in [0.25, 0.3) is 0 Å². The summed E-state index contributed by atoms with van der Waals surface area (Å²) >= 11 is 0. The molecule has 120 valence electrons. The number of amides is 2. The quantitative estimate of drug-likeness (QED) is 0.692. The maximum atomic E-state index is 11.9. The van der Waals surface area contributed by atoms with Crippen LogP contribution in [0.15, 0.2) is 0 Å². The Kier molecular flexibility index (Phi) is 6.49. The van der Waals surface area contributed by atoms with Gasteiger partial charge in [-0.05, 0) is 31.6 Å². The van der Waals surface area contributed by atoms with Crippen molar-refractivity contribution in [3.63, 3.8) is 0 Å². The second kappa shape index (κ2) is 8.37. The van der Waals surface area contributed by atoms with Crippen molar-refractivity contribution < 1.29 is 14.7 Å². The number of carbonyl (C=O) groups is 2. The van der Waals surface area contributed by atoms with E-state index in [1.54, 1.807) is 0 Å². The van der Waals surface area contributed by atoms with Crippen molar-refractivity contribution in [3.05, 3.63) is 0 Å². The fraction of sp³-hybridized carbons (Fsp3) is 0.875. The van der Waals surface area contributed by atoms with Crippen molar-refractivity contribution >= 4 is 11.8 Å². The van der Waals surface area contributed by atoms with Crippen LogP contribution in [0, 0.1) is 11.8 Å². The lowest BCUT2D eigenvalue weighted by Gasteiger charge is -2.30. The molecule has 2 amide bonds. The molecule has 0 aliphatic heterocycles. The average Bonchev–Trinajstić information content (AvgIpc) is 2.98. The Bertz CT molecular complexity index is 353. The van der Waals surface area contributed by atoms with E-state index in [-0.39, 0.29) is 36.9 Å². The van der Waals surface area contributed by atoms with Crippen LogP contribution >= 0.6 is 0 Å². The molecule has 5 nitrogen and oxygen atoms in total. The number of nitrogens with one attached hydrogen (secondary N) is 2. The van der Waals surface area contributed by atoms with Crippen LogP contribution in [-0.2, 0) is 9.59 Å². The molecule has 0 saturated heterocycles. The molecule has 0 heterocycles. The molecule has 0 radical (unpaired) electrons. The first-order valence-corrected chi connectivity index (χ1v) is 8.36. The highest BCUT2D eigenvalue weighted by atomic mass is 16.3. The van der Waals surface area contributed by atoms with Crippen LogP contribution in [0.1, 0.15) is 57.8 Å². The number of hydrogen-bond donors (Lipinski definition) is 3. The molecule has 0 aromatic rings. The van der Waals surface area contributed by atoms with Gasteiger partial charge in [-0.1, -0.05) is 25.7 Å². The van der Waals surface area contributed by atoms with Crippen LogP contribution in [0.25, 0.3) is 0 Å². The Morgan fingerprint density at radius 1 is 0.952 bits per heavy atom.